The number of benzene rings is 1. The molecule has 3 nitrogen and oxygen atoms in total. The van der Waals surface area contributed by atoms with Crippen LogP contribution in [-0.4, -0.2) is 16.1 Å². The first-order valence-electron chi connectivity index (χ1n) is 7.22. The molecule has 0 bridgehead atoms. The van der Waals surface area contributed by atoms with E-state index in [0.29, 0.717) is 6.42 Å². The van der Waals surface area contributed by atoms with Crippen molar-refractivity contribution in [3.05, 3.63) is 53.4 Å². The van der Waals surface area contributed by atoms with Gasteiger partial charge in [0.2, 0.25) is 0 Å². The number of nitrogens with one attached hydrogen (secondary N) is 1. The molecule has 0 saturated carbocycles. The minimum Gasteiger partial charge on any atom is -0.335 e. The lowest BCUT2D eigenvalue weighted by Gasteiger charge is -2.11. The molecule has 0 saturated heterocycles. The van der Waals surface area contributed by atoms with Gasteiger partial charge >= 0.3 is 0 Å². The zero-order valence-corrected chi connectivity index (χ0v) is 12.2. The van der Waals surface area contributed by atoms with Gasteiger partial charge in [-0.15, -0.1) is 0 Å². The molecule has 4 heteroatoms. The third-order valence-electron chi connectivity index (χ3n) is 3.40. The van der Waals surface area contributed by atoms with E-state index in [-0.39, 0.29) is 5.82 Å². The molecule has 0 radical (unpaired) electrons. The lowest BCUT2D eigenvalue weighted by molar-refractivity contribution is 0.619. The van der Waals surface area contributed by atoms with Crippen LogP contribution in [0, 0.1) is 5.82 Å². The Balaban J connectivity index is 2.18. The zero-order valence-electron chi connectivity index (χ0n) is 12.2. The Hall–Kier alpha value is -1.68. The maximum Gasteiger partial charge on any atom is 0.123 e. The summed E-state index contributed by atoms with van der Waals surface area (Å²) < 4.78 is 15.6. The van der Waals surface area contributed by atoms with E-state index in [9.17, 15) is 4.39 Å². The smallest absolute Gasteiger partial charge is 0.123 e. The quantitative estimate of drug-likeness (QED) is 0.787. The number of hydrogen-bond acceptors (Lipinski definition) is 2. The summed E-state index contributed by atoms with van der Waals surface area (Å²) in [4.78, 5) is 4.37. The van der Waals surface area contributed by atoms with Gasteiger partial charge in [0.25, 0.3) is 0 Å². The zero-order chi connectivity index (χ0) is 14.4. The van der Waals surface area contributed by atoms with Gasteiger partial charge < -0.3 is 9.88 Å². The molecule has 1 aromatic heterocycles. The highest BCUT2D eigenvalue weighted by Crippen LogP contribution is 2.15. The molecule has 0 spiro atoms. The fraction of sp³-hybridized carbons (Fsp3) is 0.438. The van der Waals surface area contributed by atoms with Crippen LogP contribution in [0.15, 0.2) is 30.6 Å². The van der Waals surface area contributed by atoms with Crippen LogP contribution in [0.4, 0.5) is 4.39 Å². The van der Waals surface area contributed by atoms with Crippen LogP contribution in [0.3, 0.4) is 0 Å². The SMILES string of the molecule is CCCNCc1ccc(F)cc1Cc1nccn1CC. The molecule has 0 aliphatic heterocycles. The number of rotatable bonds is 7. The number of aryl methyl sites for hydroxylation is 1. The molecule has 0 unspecified atom stereocenters. The Morgan fingerprint density at radius 3 is 2.85 bits per heavy atom. The average Bonchev–Trinajstić information content (AvgIpc) is 2.88. The minimum absolute atomic E-state index is 0.186. The number of halogens is 1. The van der Waals surface area contributed by atoms with Crippen molar-refractivity contribution < 1.29 is 4.39 Å². The van der Waals surface area contributed by atoms with E-state index in [0.717, 1.165) is 43.0 Å². The first-order valence-corrected chi connectivity index (χ1v) is 7.22. The first-order chi connectivity index (χ1) is 9.74. The van der Waals surface area contributed by atoms with E-state index in [2.05, 4.69) is 28.7 Å². The standard InChI is InChI=1S/C16H22FN3/c1-3-7-18-12-13-5-6-15(17)10-14(13)11-16-19-8-9-20(16)4-2/h5-6,8-10,18H,3-4,7,11-12H2,1-2H3. The Kier molecular flexibility index (Phi) is 5.30. The third-order valence-corrected chi connectivity index (χ3v) is 3.40. The van der Waals surface area contributed by atoms with Gasteiger partial charge in [-0.25, -0.2) is 9.37 Å². The van der Waals surface area contributed by atoms with Gasteiger partial charge in [-0.3, -0.25) is 0 Å². The van der Waals surface area contributed by atoms with Crippen molar-refractivity contribution in [3.8, 4) is 0 Å². The van der Waals surface area contributed by atoms with E-state index >= 15 is 0 Å². The van der Waals surface area contributed by atoms with Crippen LogP contribution in [-0.2, 0) is 19.5 Å². The summed E-state index contributed by atoms with van der Waals surface area (Å²) in [6, 6.07) is 5.02. The normalized spacial score (nSPS) is 10.9. The molecule has 108 valence electrons. The minimum atomic E-state index is -0.186. The molecular formula is C16H22FN3. The van der Waals surface area contributed by atoms with Gasteiger partial charge in [0.1, 0.15) is 11.6 Å². The van der Waals surface area contributed by atoms with Crippen molar-refractivity contribution >= 4 is 0 Å². The molecule has 0 aliphatic rings. The van der Waals surface area contributed by atoms with E-state index in [1.54, 1.807) is 12.3 Å². The summed E-state index contributed by atoms with van der Waals surface area (Å²) in [5.74, 6) is 0.795. The van der Waals surface area contributed by atoms with Gasteiger partial charge in [0, 0.05) is 31.9 Å². The summed E-state index contributed by atoms with van der Waals surface area (Å²) in [6.07, 6.45) is 5.52. The summed E-state index contributed by atoms with van der Waals surface area (Å²) in [5.41, 5.74) is 2.15. The average molecular weight is 275 g/mol. The fourth-order valence-corrected chi connectivity index (χ4v) is 2.30. The number of hydrogen-bond donors (Lipinski definition) is 1. The van der Waals surface area contributed by atoms with E-state index in [1.165, 1.54) is 6.07 Å². The molecule has 20 heavy (non-hydrogen) atoms. The molecule has 0 amide bonds. The monoisotopic (exact) mass is 275 g/mol. The van der Waals surface area contributed by atoms with Crippen molar-refractivity contribution in [1.29, 1.82) is 0 Å². The second kappa shape index (κ2) is 7.20. The van der Waals surface area contributed by atoms with E-state index in [4.69, 9.17) is 0 Å². The van der Waals surface area contributed by atoms with Crippen molar-refractivity contribution in [2.45, 2.75) is 39.8 Å². The highest BCUT2D eigenvalue weighted by Gasteiger charge is 2.08. The van der Waals surface area contributed by atoms with Crippen molar-refractivity contribution in [2.75, 3.05) is 6.54 Å². The highest BCUT2D eigenvalue weighted by atomic mass is 19.1. The Morgan fingerprint density at radius 1 is 1.25 bits per heavy atom. The predicted octanol–water partition coefficient (Wildman–Crippen LogP) is 3.13. The lowest BCUT2D eigenvalue weighted by atomic mass is 10.0. The molecule has 0 aliphatic carbocycles. The van der Waals surface area contributed by atoms with Crippen LogP contribution in [0.25, 0.3) is 0 Å². The molecular weight excluding hydrogens is 253 g/mol. The topological polar surface area (TPSA) is 29.9 Å². The van der Waals surface area contributed by atoms with Crippen LogP contribution in [0.2, 0.25) is 0 Å². The van der Waals surface area contributed by atoms with Crippen LogP contribution < -0.4 is 5.32 Å². The maximum atomic E-state index is 13.5. The maximum absolute atomic E-state index is 13.5. The number of imidazole rings is 1. The van der Waals surface area contributed by atoms with Crippen LogP contribution in [0.5, 0.6) is 0 Å². The van der Waals surface area contributed by atoms with Gasteiger partial charge in [0.05, 0.1) is 0 Å². The summed E-state index contributed by atoms with van der Waals surface area (Å²) in [7, 11) is 0. The van der Waals surface area contributed by atoms with Gasteiger partial charge in [-0.2, -0.15) is 0 Å². The van der Waals surface area contributed by atoms with Crippen molar-refractivity contribution in [2.24, 2.45) is 0 Å². The van der Waals surface area contributed by atoms with Gasteiger partial charge in [0.15, 0.2) is 0 Å². The lowest BCUT2D eigenvalue weighted by Crippen LogP contribution is -2.15. The van der Waals surface area contributed by atoms with Gasteiger partial charge in [-0.1, -0.05) is 13.0 Å². The second-order valence-corrected chi connectivity index (χ2v) is 4.90. The molecule has 2 aromatic rings. The summed E-state index contributed by atoms with van der Waals surface area (Å²) in [6.45, 7) is 6.85. The molecule has 1 aromatic carbocycles. The molecule has 0 atom stereocenters. The fourth-order valence-electron chi connectivity index (χ4n) is 2.30. The summed E-state index contributed by atoms with van der Waals surface area (Å²) in [5, 5.41) is 3.37. The largest absolute Gasteiger partial charge is 0.335 e. The van der Waals surface area contributed by atoms with Gasteiger partial charge in [-0.05, 0) is 43.1 Å². The van der Waals surface area contributed by atoms with Crippen LogP contribution >= 0.6 is 0 Å². The molecule has 1 heterocycles. The molecule has 0 fully saturated rings. The highest BCUT2D eigenvalue weighted by molar-refractivity contribution is 5.30. The third kappa shape index (κ3) is 3.67. The van der Waals surface area contributed by atoms with E-state index in [1.807, 2.05) is 12.3 Å². The summed E-state index contributed by atoms with van der Waals surface area (Å²) >= 11 is 0. The van der Waals surface area contributed by atoms with Crippen molar-refractivity contribution in [1.82, 2.24) is 14.9 Å². The Morgan fingerprint density at radius 2 is 2.10 bits per heavy atom. The Labute approximate surface area is 119 Å². The first kappa shape index (κ1) is 14.7. The Bertz CT molecular complexity index is 548. The van der Waals surface area contributed by atoms with Crippen molar-refractivity contribution in [3.63, 3.8) is 0 Å². The van der Waals surface area contributed by atoms with Crippen LogP contribution in [0.1, 0.15) is 37.2 Å². The number of nitrogens with zero attached hydrogens (tertiary/aromatic N) is 2. The second-order valence-electron chi connectivity index (χ2n) is 4.90. The number of aromatic nitrogens is 2. The predicted molar refractivity (Wildman–Crippen MR) is 79.1 cm³/mol. The molecule has 2 rings (SSSR count). The van der Waals surface area contributed by atoms with E-state index < -0.39 is 0 Å². The molecule has 1 N–H and O–H groups in total.